The van der Waals surface area contributed by atoms with Crippen molar-refractivity contribution in [2.24, 2.45) is 5.92 Å². The summed E-state index contributed by atoms with van der Waals surface area (Å²) in [6.45, 7) is 4.80. The Hall–Kier alpha value is -1.75. The molecule has 2 amide bonds. The van der Waals surface area contributed by atoms with Crippen LogP contribution >= 0.6 is 11.6 Å². The first kappa shape index (κ1) is 17.6. The smallest absolute Gasteiger partial charge is 0.410 e. The first-order chi connectivity index (χ1) is 11.1. The lowest BCUT2D eigenvalue weighted by atomic mass is 10.1. The third-order valence-electron chi connectivity index (χ3n) is 4.08. The van der Waals surface area contributed by atoms with Gasteiger partial charge in [0.15, 0.2) is 0 Å². The average molecular weight is 339 g/mol. The highest BCUT2D eigenvalue weighted by molar-refractivity contribution is 6.27. The second kappa shape index (κ2) is 8.77. The van der Waals surface area contributed by atoms with Gasteiger partial charge in [0.2, 0.25) is 5.91 Å². The van der Waals surface area contributed by atoms with Crippen molar-refractivity contribution in [3.8, 4) is 0 Å². The molecule has 0 saturated carbocycles. The van der Waals surface area contributed by atoms with Crippen LogP contribution in [0, 0.1) is 5.92 Å². The highest BCUT2D eigenvalue weighted by Gasteiger charge is 2.29. The second-order valence-electron chi connectivity index (χ2n) is 5.71. The van der Waals surface area contributed by atoms with Crippen molar-refractivity contribution in [3.05, 3.63) is 35.9 Å². The number of carbonyl (C=O) groups excluding carboxylic acids is 2. The zero-order valence-electron chi connectivity index (χ0n) is 13.4. The Bertz CT molecular complexity index is 524. The Morgan fingerprint density at radius 2 is 2.09 bits per heavy atom. The summed E-state index contributed by atoms with van der Waals surface area (Å²) in [4.78, 5) is 27.3. The molecule has 0 radical (unpaired) electrons. The zero-order valence-corrected chi connectivity index (χ0v) is 14.2. The number of likely N-dealkylation sites (tertiary alicyclic amines) is 1. The van der Waals surface area contributed by atoms with Gasteiger partial charge in [0.25, 0.3) is 0 Å². The van der Waals surface area contributed by atoms with E-state index in [4.69, 9.17) is 16.3 Å². The molecule has 5 nitrogen and oxygen atoms in total. The second-order valence-corrected chi connectivity index (χ2v) is 5.97. The maximum atomic E-state index is 12.1. The van der Waals surface area contributed by atoms with Gasteiger partial charge in [-0.15, -0.1) is 11.6 Å². The molecule has 0 bridgehead atoms. The quantitative estimate of drug-likeness (QED) is 0.749. The van der Waals surface area contributed by atoms with Crippen LogP contribution in [0.5, 0.6) is 0 Å². The maximum Gasteiger partial charge on any atom is 0.410 e. The average Bonchev–Trinajstić information content (AvgIpc) is 3.06. The molecule has 126 valence electrons. The van der Waals surface area contributed by atoms with Crippen molar-refractivity contribution in [1.82, 2.24) is 9.80 Å². The van der Waals surface area contributed by atoms with Crippen molar-refractivity contribution in [3.63, 3.8) is 0 Å². The van der Waals surface area contributed by atoms with E-state index in [0.29, 0.717) is 26.2 Å². The normalized spacial score (nSPS) is 17.1. The molecule has 0 aliphatic carbocycles. The van der Waals surface area contributed by atoms with Crippen LogP contribution in [-0.4, -0.2) is 53.9 Å². The summed E-state index contributed by atoms with van der Waals surface area (Å²) in [5, 5.41) is 0. The van der Waals surface area contributed by atoms with Crippen molar-refractivity contribution in [2.45, 2.75) is 20.0 Å². The van der Waals surface area contributed by atoms with E-state index in [2.05, 4.69) is 0 Å². The molecule has 1 atom stereocenters. The van der Waals surface area contributed by atoms with Crippen molar-refractivity contribution in [1.29, 1.82) is 0 Å². The van der Waals surface area contributed by atoms with Crippen LogP contribution in [0.15, 0.2) is 30.3 Å². The Labute approximate surface area is 142 Å². The molecule has 0 N–H and O–H groups in total. The fourth-order valence-electron chi connectivity index (χ4n) is 2.76. The molecule has 0 unspecified atom stereocenters. The molecular formula is C17H23ClN2O3. The van der Waals surface area contributed by atoms with Gasteiger partial charge in [0.1, 0.15) is 12.5 Å². The number of amides is 2. The van der Waals surface area contributed by atoms with Crippen LogP contribution in [0.4, 0.5) is 4.79 Å². The Kier molecular flexibility index (Phi) is 6.71. The number of ether oxygens (including phenoxy) is 1. The van der Waals surface area contributed by atoms with Crippen LogP contribution in [0.3, 0.4) is 0 Å². The van der Waals surface area contributed by atoms with Gasteiger partial charge in [-0.2, -0.15) is 0 Å². The number of alkyl halides is 1. The van der Waals surface area contributed by atoms with E-state index in [-0.39, 0.29) is 30.4 Å². The third kappa shape index (κ3) is 5.13. The lowest BCUT2D eigenvalue weighted by Gasteiger charge is -2.23. The van der Waals surface area contributed by atoms with Crippen LogP contribution in [0.25, 0.3) is 0 Å². The first-order valence-electron chi connectivity index (χ1n) is 7.93. The summed E-state index contributed by atoms with van der Waals surface area (Å²) in [5.41, 5.74) is 0.974. The summed E-state index contributed by atoms with van der Waals surface area (Å²) >= 11 is 5.61. The molecule has 1 aliphatic rings. The third-order valence-corrected chi connectivity index (χ3v) is 4.31. The Balaban J connectivity index is 1.77. The molecule has 1 heterocycles. The minimum Gasteiger partial charge on any atom is -0.445 e. The van der Waals surface area contributed by atoms with Crippen LogP contribution < -0.4 is 0 Å². The lowest BCUT2D eigenvalue weighted by molar-refractivity contribution is -0.128. The number of rotatable bonds is 6. The number of hydrogen-bond donors (Lipinski definition) is 0. The molecule has 1 fully saturated rings. The highest BCUT2D eigenvalue weighted by atomic mass is 35.5. The van der Waals surface area contributed by atoms with Crippen LogP contribution in [0.1, 0.15) is 18.9 Å². The van der Waals surface area contributed by atoms with Gasteiger partial charge in [-0.3, -0.25) is 4.79 Å². The van der Waals surface area contributed by atoms with Gasteiger partial charge in [0, 0.05) is 26.2 Å². The van der Waals surface area contributed by atoms with E-state index in [1.165, 1.54) is 0 Å². The number of benzene rings is 1. The van der Waals surface area contributed by atoms with Gasteiger partial charge >= 0.3 is 6.09 Å². The molecule has 2 rings (SSSR count). The number of nitrogens with zero attached hydrogens (tertiary/aromatic N) is 2. The van der Waals surface area contributed by atoms with Crippen LogP contribution in [-0.2, 0) is 16.1 Å². The number of halogens is 1. The van der Waals surface area contributed by atoms with E-state index >= 15 is 0 Å². The summed E-state index contributed by atoms with van der Waals surface area (Å²) in [7, 11) is 0. The molecule has 6 heteroatoms. The predicted molar refractivity (Wildman–Crippen MR) is 89.3 cm³/mol. The molecular weight excluding hydrogens is 316 g/mol. The minimum absolute atomic E-state index is 0.00336. The van der Waals surface area contributed by atoms with Gasteiger partial charge < -0.3 is 14.5 Å². The molecule has 1 aromatic rings. The van der Waals surface area contributed by atoms with Crippen molar-refractivity contribution in [2.75, 3.05) is 32.1 Å². The molecule has 0 spiro atoms. The van der Waals surface area contributed by atoms with E-state index in [0.717, 1.165) is 12.0 Å². The number of hydrogen-bond acceptors (Lipinski definition) is 3. The Morgan fingerprint density at radius 1 is 1.35 bits per heavy atom. The zero-order chi connectivity index (χ0) is 16.7. The van der Waals surface area contributed by atoms with Gasteiger partial charge in [-0.1, -0.05) is 30.3 Å². The topological polar surface area (TPSA) is 49.9 Å². The summed E-state index contributed by atoms with van der Waals surface area (Å²) < 4.78 is 5.35. The Morgan fingerprint density at radius 3 is 2.74 bits per heavy atom. The van der Waals surface area contributed by atoms with E-state index in [1.54, 1.807) is 9.80 Å². The lowest BCUT2D eigenvalue weighted by Crippen LogP contribution is -2.37. The molecule has 1 aliphatic heterocycles. The van der Waals surface area contributed by atoms with E-state index in [9.17, 15) is 9.59 Å². The summed E-state index contributed by atoms with van der Waals surface area (Å²) in [5.74, 6) is 0.231. The predicted octanol–water partition coefficient (Wildman–Crippen LogP) is 2.73. The van der Waals surface area contributed by atoms with Gasteiger partial charge in [0.05, 0.1) is 0 Å². The van der Waals surface area contributed by atoms with Gasteiger partial charge in [-0.05, 0) is 24.8 Å². The SMILES string of the molecule is CCN(C[C@H]1CCN(C(=O)OCc2ccccc2)C1)C(=O)CCl. The summed E-state index contributed by atoms with van der Waals surface area (Å²) in [6, 6.07) is 9.62. The van der Waals surface area contributed by atoms with Crippen molar-refractivity contribution >= 4 is 23.6 Å². The van der Waals surface area contributed by atoms with E-state index in [1.807, 2.05) is 37.3 Å². The fraction of sp³-hybridized carbons (Fsp3) is 0.529. The molecule has 0 aromatic heterocycles. The minimum atomic E-state index is -0.289. The van der Waals surface area contributed by atoms with Crippen LogP contribution in [0.2, 0.25) is 0 Å². The molecule has 23 heavy (non-hydrogen) atoms. The standard InChI is InChI=1S/C17H23ClN2O3/c1-2-19(16(21)10-18)11-15-8-9-20(12-15)17(22)23-13-14-6-4-3-5-7-14/h3-7,15H,2,8-13H2,1H3/t15-/m1/s1. The fourth-order valence-corrected chi connectivity index (χ4v) is 2.93. The summed E-state index contributed by atoms with van der Waals surface area (Å²) in [6.07, 6.45) is 0.593. The van der Waals surface area contributed by atoms with Gasteiger partial charge in [-0.25, -0.2) is 4.79 Å². The first-order valence-corrected chi connectivity index (χ1v) is 8.46. The molecule has 1 aromatic carbocycles. The highest BCUT2D eigenvalue weighted by Crippen LogP contribution is 2.19. The maximum absolute atomic E-state index is 12.1. The van der Waals surface area contributed by atoms with E-state index < -0.39 is 0 Å². The number of carbonyl (C=O) groups is 2. The molecule has 1 saturated heterocycles. The van der Waals surface area contributed by atoms with Crippen molar-refractivity contribution < 1.29 is 14.3 Å². The monoisotopic (exact) mass is 338 g/mol. The largest absolute Gasteiger partial charge is 0.445 e.